The number of benzene rings is 2. The number of aromatic hydroxyl groups is 1. The van der Waals surface area contributed by atoms with E-state index in [9.17, 15) is 17.6 Å². The Kier molecular flexibility index (Phi) is 4.27. The molecule has 2 nitrogen and oxygen atoms in total. The molecule has 0 aromatic heterocycles. The van der Waals surface area contributed by atoms with E-state index in [1.807, 2.05) is 0 Å². The number of anilines is 1. The zero-order chi connectivity index (χ0) is 15.6. The number of halogens is 5. The van der Waals surface area contributed by atoms with Gasteiger partial charge in [-0.15, -0.1) is 0 Å². The lowest BCUT2D eigenvalue weighted by Crippen LogP contribution is -2.11. The largest absolute Gasteiger partial charge is 0.505 e. The molecule has 2 N–H and O–H groups in total. The molecule has 0 fully saturated rings. The molecule has 2 aromatic carbocycles. The van der Waals surface area contributed by atoms with Crippen molar-refractivity contribution in [3.8, 4) is 5.75 Å². The average molecular weight is 320 g/mol. The summed E-state index contributed by atoms with van der Waals surface area (Å²) in [4.78, 5) is 0. The van der Waals surface area contributed by atoms with E-state index < -0.39 is 23.3 Å². The minimum Gasteiger partial charge on any atom is -0.505 e. The Balaban J connectivity index is 2.22. The van der Waals surface area contributed by atoms with Gasteiger partial charge in [0.1, 0.15) is 0 Å². The second-order valence-electron chi connectivity index (χ2n) is 4.33. The van der Waals surface area contributed by atoms with Crippen molar-refractivity contribution in [3.05, 3.63) is 58.4 Å². The summed E-state index contributed by atoms with van der Waals surface area (Å²) in [6.45, 7) is -0.0259. The fraction of sp³-hybridized carbons (Fsp3) is 0.143. The first-order valence-corrected chi connectivity index (χ1v) is 6.23. The molecule has 0 unspecified atom stereocenters. The minimum absolute atomic E-state index is 0.0245. The van der Waals surface area contributed by atoms with Crippen LogP contribution >= 0.6 is 11.6 Å². The van der Waals surface area contributed by atoms with Crippen molar-refractivity contribution >= 4 is 17.3 Å². The number of alkyl halides is 3. The second-order valence-corrected chi connectivity index (χ2v) is 4.76. The van der Waals surface area contributed by atoms with Gasteiger partial charge >= 0.3 is 6.18 Å². The molecule has 2 rings (SSSR count). The van der Waals surface area contributed by atoms with Crippen LogP contribution in [0.3, 0.4) is 0 Å². The number of phenolic OH excluding ortho intramolecular Hbond substituents is 1. The molecule has 112 valence electrons. The number of hydrogen-bond acceptors (Lipinski definition) is 2. The van der Waals surface area contributed by atoms with Crippen LogP contribution in [-0.4, -0.2) is 5.11 Å². The van der Waals surface area contributed by atoms with Gasteiger partial charge in [-0.2, -0.15) is 13.2 Å². The molecular weight excluding hydrogens is 310 g/mol. The van der Waals surface area contributed by atoms with Crippen molar-refractivity contribution in [2.75, 3.05) is 5.32 Å². The van der Waals surface area contributed by atoms with Gasteiger partial charge in [0.25, 0.3) is 0 Å². The monoisotopic (exact) mass is 319 g/mol. The summed E-state index contributed by atoms with van der Waals surface area (Å²) in [6.07, 6.45) is -4.55. The molecule has 0 aliphatic heterocycles. The highest BCUT2D eigenvalue weighted by Gasteiger charge is 2.33. The zero-order valence-corrected chi connectivity index (χ0v) is 11.3. The Hall–Kier alpha value is -1.95. The van der Waals surface area contributed by atoms with Crippen LogP contribution in [0.15, 0.2) is 36.4 Å². The first-order chi connectivity index (χ1) is 9.77. The van der Waals surface area contributed by atoms with Gasteiger partial charge in [-0.1, -0.05) is 17.7 Å². The minimum atomic E-state index is -4.55. The molecule has 2 aromatic rings. The predicted molar refractivity (Wildman–Crippen MR) is 71.8 cm³/mol. The van der Waals surface area contributed by atoms with Gasteiger partial charge < -0.3 is 10.4 Å². The Bertz CT molecular complexity index is 658. The van der Waals surface area contributed by atoms with Gasteiger partial charge in [0, 0.05) is 17.3 Å². The van der Waals surface area contributed by atoms with Crippen LogP contribution in [0.25, 0.3) is 0 Å². The molecule has 7 heteroatoms. The summed E-state index contributed by atoms with van der Waals surface area (Å²) < 4.78 is 51.8. The molecule has 0 saturated heterocycles. The third-order valence-electron chi connectivity index (χ3n) is 2.78. The number of rotatable bonds is 3. The van der Waals surface area contributed by atoms with E-state index in [2.05, 4.69) is 5.32 Å². The van der Waals surface area contributed by atoms with Crippen LogP contribution in [0.2, 0.25) is 5.02 Å². The first-order valence-electron chi connectivity index (χ1n) is 5.85. The van der Waals surface area contributed by atoms with E-state index in [-0.39, 0.29) is 17.3 Å². The average Bonchev–Trinajstić information content (AvgIpc) is 2.40. The molecule has 0 radical (unpaired) electrons. The summed E-state index contributed by atoms with van der Waals surface area (Å²) in [7, 11) is 0. The number of phenols is 1. The van der Waals surface area contributed by atoms with Gasteiger partial charge in [-0.05, 0) is 35.9 Å². The quantitative estimate of drug-likeness (QED) is 0.795. The molecule has 0 aliphatic carbocycles. The number of hydrogen-bond donors (Lipinski definition) is 2. The van der Waals surface area contributed by atoms with Crippen LogP contribution in [-0.2, 0) is 12.7 Å². The summed E-state index contributed by atoms with van der Waals surface area (Å²) in [6, 6.07) is 6.96. The summed E-state index contributed by atoms with van der Waals surface area (Å²) >= 11 is 5.57. The highest BCUT2D eigenvalue weighted by molar-refractivity contribution is 6.30. The molecule has 0 saturated carbocycles. The number of nitrogens with one attached hydrogen (secondary N) is 1. The van der Waals surface area contributed by atoms with Gasteiger partial charge in [0.2, 0.25) is 0 Å². The smallest absolute Gasteiger partial charge is 0.418 e. The van der Waals surface area contributed by atoms with Crippen molar-refractivity contribution in [2.45, 2.75) is 12.7 Å². The molecule has 0 atom stereocenters. The van der Waals surface area contributed by atoms with Gasteiger partial charge in [-0.3, -0.25) is 0 Å². The summed E-state index contributed by atoms with van der Waals surface area (Å²) in [5, 5.41) is 11.6. The van der Waals surface area contributed by atoms with Gasteiger partial charge in [0.05, 0.1) is 5.56 Å². The van der Waals surface area contributed by atoms with E-state index in [4.69, 9.17) is 16.7 Å². The highest BCUT2D eigenvalue weighted by Crippen LogP contribution is 2.36. The van der Waals surface area contributed by atoms with E-state index in [1.54, 1.807) is 0 Å². The third-order valence-corrected chi connectivity index (χ3v) is 3.02. The molecule has 21 heavy (non-hydrogen) atoms. The van der Waals surface area contributed by atoms with Crippen molar-refractivity contribution in [3.63, 3.8) is 0 Å². The second kappa shape index (κ2) is 5.81. The van der Waals surface area contributed by atoms with Crippen LogP contribution in [0, 0.1) is 5.82 Å². The zero-order valence-electron chi connectivity index (χ0n) is 10.5. The SMILES string of the molecule is Oc1ccc(CNc2ccc(Cl)cc2C(F)(F)F)cc1F. The highest BCUT2D eigenvalue weighted by atomic mass is 35.5. The summed E-state index contributed by atoms with van der Waals surface area (Å²) in [5.41, 5.74) is -0.650. The Labute approximate surface area is 123 Å². The lowest BCUT2D eigenvalue weighted by molar-refractivity contribution is -0.136. The maximum Gasteiger partial charge on any atom is 0.418 e. The summed E-state index contributed by atoms with van der Waals surface area (Å²) in [5.74, 6) is -1.34. The predicted octanol–water partition coefficient (Wildman–Crippen LogP) is 4.82. The third kappa shape index (κ3) is 3.78. The molecule has 0 amide bonds. The van der Waals surface area contributed by atoms with Crippen LogP contribution in [0.4, 0.5) is 23.2 Å². The van der Waals surface area contributed by atoms with Gasteiger partial charge in [-0.25, -0.2) is 4.39 Å². The van der Waals surface area contributed by atoms with Crippen molar-refractivity contribution in [1.82, 2.24) is 0 Å². The Morgan fingerprint density at radius 1 is 1.10 bits per heavy atom. The fourth-order valence-electron chi connectivity index (χ4n) is 1.76. The maximum absolute atomic E-state index is 13.2. The van der Waals surface area contributed by atoms with Crippen molar-refractivity contribution in [1.29, 1.82) is 0 Å². The van der Waals surface area contributed by atoms with E-state index in [0.717, 1.165) is 18.2 Å². The molecule has 0 spiro atoms. The lowest BCUT2D eigenvalue weighted by atomic mass is 10.1. The molecule has 0 aliphatic rings. The standard InChI is InChI=1S/C14H10ClF4NO/c15-9-2-3-12(10(6-9)14(17,18)19)20-7-8-1-4-13(21)11(16)5-8/h1-6,20-21H,7H2. The van der Waals surface area contributed by atoms with Gasteiger partial charge in [0.15, 0.2) is 11.6 Å². The Morgan fingerprint density at radius 2 is 1.81 bits per heavy atom. The fourth-order valence-corrected chi connectivity index (χ4v) is 1.93. The lowest BCUT2D eigenvalue weighted by Gasteiger charge is -2.15. The van der Waals surface area contributed by atoms with E-state index in [0.29, 0.717) is 5.56 Å². The first kappa shape index (κ1) is 15.4. The molecule has 0 bridgehead atoms. The van der Waals surface area contributed by atoms with Crippen molar-refractivity contribution in [2.24, 2.45) is 0 Å². The molecule has 0 heterocycles. The Morgan fingerprint density at radius 3 is 2.43 bits per heavy atom. The van der Waals surface area contributed by atoms with Crippen LogP contribution in [0.1, 0.15) is 11.1 Å². The van der Waals surface area contributed by atoms with Crippen molar-refractivity contribution < 1.29 is 22.7 Å². The van der Waals surface area contributed by atoms with Crippen LogP contribution in [0.5, 0.6) is 5.75 Å². The molecular formula is C14H10ClF4NO. The normalized spacial score (nSPS) is 11.5. The van der Waals surface area contributed by atoms with E-state index >= 15 is 0 Å². The van der Waals surface area contributed by atoms with E-state index in [1.165, 1.54) is 18.2 Å². The van der Waals surface area contributed by atoms with Crippen LogP contribution < -0.4 is 5.32 Å². The maximum atomic E-state index is 13.2. The topological polar surface area (TPSA) is 32.3 Å².